The highest BCUT2D eigenvalue weighted by Crippen LogP contribution is 2.35. The van der Waals surface area contributed by atoms with Crippen molar-refractivity contribution < 1.29 is 5.11 Å². The van der Waals surface area contributed by atoms with Crippen LogP contribution in [0.5, 0.6) is 0 Å². The van der Waals surface area contributed by atoms with Gasteiger partial charge >= 0.3 is 0 Å². The second-order valence-electron chi connectivity index (χ2n) is 3.53. The number of rotatable bonds is 1. The molecule has 66 valence electrons. The van der Waals surface area contributed by atoms with Crippen molar-refractivity contribution in [2.45, 2.75) is 19.4 Å². The van der Waals surface area contributed by atoms with Gasteiger partial charge in [-0.15, -0.1) is 0 Å². The van der Waals surface area contributed by atoms with Crippen molar-refractivity contribution in [2.75, 3.05) is 18.1 Å². The highest BCUT2D eigenvalue weighted by molar-refractivity contribution is 7.99. The van der Waals surface area contributed by atoms with Crippen molar-refractivity contribution in [3.63, 3.8) is 0 Å². The molecule has 2 unspecified atom stereocenters. The Morgan fingerprint density at radius 1 is 1.45 bits per heavy atom. The molecule has 1 heterocycles. The van der Waals surface area contributed by atoms with Crippen LogP contribution in [-0.4, -0.2) is 28.8 Å². The molecule has 0 aliphatic carbocycles. The Kier molecular flexibility index (Phi) is 2.84. The summed E-state index contributed by atoms with van der Waals surface area (Å²) in [5.41, 5.74) is 4.95. The van der Waals surface area contributed by atoms with E-state index in [0.29, 0.717) is 18.4 Å². The van der Waals surface area contributed by atoms with Crippen LogP contribution in [-0.2, 0) is 0 Å². The summed E-state index contributed by atoms with van der Waals surface area (Å²) in [7, 11) is 0. The fraction of sp³-hybridized carbons (Fsp3) is 1.00. The Hall–Kier alpha value is 0.270. The van der Waals surface area contributed by atoms with Crippen LogP contribution in [0.4, 0.5) is 0 Å². The maximum Gasteiger partial charge on any atom is 0.0835 e. The van der Waals surface area contributed by atoms with E-state index in [1.54, 1.807) is 0 Å². The van der Waals surface area contributed by atoms with Gasteiger partial charge in [-0.3, -0.25) is 0 Å². The van der Waals surface area contributed by atoms with Gasteiger partial charge in [0.1, 0.15) is 0 Å². The van der Waals surface area contributed by atoms with Gasteiger partial charge in [0.25, 0.3) is 0 Å². The molecule has 0 aromatic rings. The molecule has 11 heavy (non-hydrogen) atoms. The summed E-state index contributed by atoms with van der Waals surface area (Å²) in [4.78, 5) is 0. The van der Waals surface area contributed by atoms with Gasteiger partial charge in [-0.05, 0) is 23.3 Å². The summed E-state index contributed by atoms with van der Waals surface area (Å²) in [5.74, 6) is 2.75. The monoisotopic (exact) mass is 175 g/mol. The largest absolute Gasteiger partial charge is 0.388 e. The van der Waals surface area contributed by atoms with Gasteiger partial charge in [-0.25, -0.2) is 0 Å². The van der Waals surface area contributed by atoms with E-state index in [-0.39, 0.29) is 0 Å². The molecule has 0 bridgehead atoms. The number of hydrogen-bond donors (Lipinski definition) is 2. The van der Waals surface area contributed by atoms with Crippen LogP contribution in [0.3, 0.4) is 0 Å². The predicted octanol–water partition coefficient (Wildman–Crippen LogP) is 0.695. The minimum Gasteiger partial charge on any atom is -0.388 e. The molecule has 2 nitrogen and oxygen atoms in total. The smallest absolute Gasteiger partial charge is 0.0835 e. The van der Waals surface area contributed by atoms with Crippen molar-refractivity contribution in [3.05, 3.63) is 0 Å². The summed E-state index contributed by atoms with van der Waals surface area (Å²) >= 11 is 1.91. The fourth-order valence-electron chi connectivity index (χ4n) is 1.60. The zero-order chi connectivity index (χ0) is 8.48. The molecule has 1 saturated heterocycles. The summed E-state index contributed by atoms with van der Waals surface area (Å²) in [6, 6.07) is 0. The van der Waals surface area contributed by atoms with Crippen molar-refractivity contribution in [1.29, 1.82) is 0 Å². The molecule has 1 aliphatic rings. The summed E-state index contributed by atoms with van der Waals surface area (Å²) < 4.78 is 0. The molecule has 0 saturated carbocycles. The van der Waals surface area contributed by atoms with Crippen molar-refractivity contribution in [3.8, 4) is 0 Å². The first-order valence-electron chi connectivity index (χ1n) is 4.11. The van der Waals surface area contributed by atoms with Crippen LogP contribution in [0.1, 0.15) is 13.8 Å². The molecule has 0 radical (unpaired) electrons. The standard InChI is InChI=1S/C8H17NOS/c1-6-3-11-4-7(2)8(6,10)5-9/h6-7,10H,3-5,9H2,1-2H3. The lowest BCUT2D eigenvalue weighted by molar-refractivity contribution is -0.0383. The zero-order valence-electron chi connectivity index (χ0n) is 7.21. The molecular formula is C8H17NOS. The minimum atomic E-state index is -0.606. The Balaban J connectivity index is 2.69. The number of hydrogen-bond acceptors (Lipinski definition) is 3. The lowest BCUT2D eigenvalue weighted by Gasteiger charge is -2.42. The Morgan fingerprint density at radius 3 is 2.18 bits per heavy atom. The Bertz CT molecular complexity index is 130. The van der Waals surface area contributed by atoms with E-state index in [2.05, 4.69) is 13.8 Å². The maximum absolute atomic E-state index is 10.1. The predicted molar refractivity (Wildman–Crippen MR) is 49.7 cm³/mol. The molecule has 1 rings (SSSR count). The third-order valence-electron chi connectivity index (χ3n) is 2.77. The SMILES string of the molecule is CC1CSCC(C)C1(O)CN. The van der Waals surface area contributed by atoms with Gasteiger partial charge in [0, 0.05) is 6.54 Å². The molecule has 3 N–H and O–H groups in total. The van der Waals surface area contributed by atoms with Crippen molar-refractivity contribution in [2.24, 2.45) is 17.6 Å². The van der Waals surface area contributed by atoms with E-state index >= 15 is 0 Å². The number of nitrogens with two attached hydrogens (primary N) is 1. The van der Waals surface area contributed by atoms with Crippen LogP contribution in [0.2, 0.25) is 0 Å². The summed E-state index contributed by atoms with van der Waals surface area (Å²) in [5, 5.41) is 10.1. The first-order valence-corrected chi connectivity index (χ1v) is 5.27. The zero-order valence-corrected chi connectivity index (χ0v) is 8.03. The van der Waals surface area contributed by atoms with Gasteiger partial charge in [0.15, 0.2) is 0 Å². The van der Waals surface area contributed by atoms with Gasteiger partial charge < -0.3 is 10.8 Å². The quantitative estimate of drug-likeness (QED) is 0.616. The maximum atomic E-state index is 10.1. The third-order valence-corrected chi connectivity index (χ3v) is 4.24. The molecule has 0 aromatic carbocycles. The lowest BCUT2D eigenvalue weighted by atomic mass is 9.80. The van der Waals surface area contributed by atoms with Gasteiger partial charge in [-0.2, -0.15) is 11.8 Å². The Labute approximate surface area is 72.5 Å². The second-order valence-corrected chi connectivity index (χ2v) is 4.61. The van der Waals surface area contributed by atoms with Gasteiger partial charge in [0.2, 0.25) is 0 Å². The molecule has 0 aromatic heterocycles. The summed E-state index contributed by atoms with van der Waals surface area (Å²) in [6.45, 7) is 4.56. The topological polar surface area (TPSA) is 46.2 Å². The van der Waals surface area contributed by atoms with E-state index in [1.165, 1.54) is 0 Å². The third kappa shape index (κ3) is 1.55. The van der Waals surface area contributed by atoms with E-state index in [0.717, 1.165) is 11.5 Å². The number of thioether (sulfide) groups is 1. The average molecular weight is 175 g/mol. The van der Waals surface area contributed by atoms with Crippen LogP contribution in [0.15, 0.2) is 0 Å². The molecule has 2 atom stereocenters. The number of aliphatic hydroxyl groups is 1. The van der Waals surface area contributed by atoms with Crippen molar-refractivity contribution in [1.82, 2.24) is 0 Å². The average Bonchev–Trinajstić information content (AvgIpc) is 2.00. The molecule has 3 heteroatoms. The van der Waals surface area contributed by atoms with Crippen molar-refractivity contribution >= 4 is 11.8 Å². The van der Waals surface area contributed by atoms with E-state index in [9.17, 15) is 5.11 Å². The lowest BCUT2D eigenvalue weighted by Crippen LogP contribution is -2.53. The molecule has 1 fully saturated rings. The minimum absolute atomic E-state index is 0.334. The van der Waals surface area contributed by atoms with E-state index in [4.69, 9.17) is 5.73 Å². The van der Waals surface area contributed by atoms with E-state index in [1.807, 2.05) is 11.8 Å². The van der Waals surface area contributed by atoms with Gasteiger partial charge in [0.05, 0.1) is 5.60 Å². The molecule has 0 spiro atoms. The molecular weight excluding hydrogens is 158 g/mol. The first kappa shape index (κ1) is 9.36. The fourth-order valence-corrected chi connectivity index (χ4v) is 3.02. The van der Waals surface area contributed by atoms with Crippen LogP contribution in [0, 0.1) is 11.8 Å². The van der Waals surface area contributed by atoms with Gasteiger partial charge in [-0.1, -0.05) is 13.8 Å². The summed E-state index contributed by atoms with van der Waals surface area (Å²) in [6.07, 6.45) is 0. The highest BCUT2D eigenvalue weighted by atomic mass is 32.2. The van der Waals surface area contributed by atoms with Crippen LogP contribution >= 0.6 is 11.8 Å². The molecule has 1 aliphatic heterocycles. The second kappa shape index (κ2) is 3.33. The highest BCUT2D eigenvalue weighted by Gasteiger charge is 2.40. The molecule has 0 amide bonds. The first-order chi connectivity index (χ1) is 5.11. The van der Waals surface area contributed by atoms with Crippen LogP contribution < -0.4 is 5.73 Å². The normalized spacial score (nSPS) is 45.8. The van der Waals surface area contributed by atoms with E-state index < -0.39 is 5.60 Å². The van der Waals surface area contributed by atoms with Crippen LogP contribution in [0.25, 0.3) is 0 Å². The Morgan fingerprint density at radius 2 is 1.91 bits per heavy atom.